The number of hydrogen-bond donors (Lipinski definition) is 0. The Morgan fingerprint density at radius 2 is 1.84 bits per heavy atom. The molecule has 1 unspecified atom stereocenters. The predicted molar refractivity (Wildman–Crippen MR) is 117 cm³/mol. The van der Waals surface area contributed by atoms with Crippen LogP contribution in [0.2, 0.25) is 0 Å². The average Bonchev–Trinajstić information content (AvgIpc) is 3.32. The molecule has 0 N–H and O–H groups in total. The van der Waals surface area contributed by atoms with Gasteiger partial charge >= 0.3 is 5.97 Å². The number of carbonyl (C=O) groups is 2. The van der Waals surface area contributed by atoms with Gasteiger partial charge in [0, 0.05) is 11.8 Å². The fourth-order valence-corrected chi connectivity index (χ4v) is 4.04. The van der Waals surface area contributed by atoms with Crippen LogP contribution in [-0.2, 0) is 16.1 Å². The molecule has 1 amide bonds. The minimum atomic E-state index is -0.824. The fraction of sp³-hybridized carbons (Fsp3) is 0.280. The van der Waals surface area contributed by atoms with Crippen molar-refractivity contribution in [1.82, 2.24) is 4.57 Å². The van der Waals surface area contributed by atoms with Crippen LogP contribution in [0.25, 0.3) is 0 Å². The lowest BCUT2D eigenvalue weighted by Gasteiger charge is -2.20. The quantitative estimate of drug-likeness (QED) is 0.524. The normalized spacial score (nSPS) is 15.5. The average molecular weight is 420 g/mol. The zero-order valence-electron chi connectivity index (χ0n) is 17.8. The van der Waals surface area contributed by atoms with Crippen molar-refractivity contribution in [3.63, 3.8) is 0 Å². The molecule has 2 aromatic carbocycles. The summed E-state index contributed by atoms with van der Waals surface area (Å²) in [5.74, 6) is -0.854. The maximum atomic E-state index is 14.9. The topological polar surface area (TPSA) is 51.5 Å². The summed E-state index contributed by atoms with van der Waals surface area (Å²) < 4.78 is 21.6. The van der Waals surface area contributed by atoms with E-state index in [0.29, 0.717) is 11.5 Å². The van der Waals surface area contributed by atoms with Gasteiger partial charge < -0.3 is 14.2 Å². The number of amides is 1. The van der Waals surface area contributed by atoms with E-state index in [-0.39, 0.29) is 30.4 Å². The van der Waals surface area contributed by atoms with Crippen LogP contribution < -0.4 is 4.90 Å². The molecule has 0 fully saturated rings. The molecule has 0 bridgehead atoms. The van der Waals surface area contributed by atoms with Crippen molar-refractivity contribution in [3.05, 3.63) is 89.0 Å². The van der Waals surface area contributed by atoms with Crippen molar-refractivity contribution in [3.8, 4) is 0 Å². The maximum absolute atomic E-state index is 14.9. The number of esters is 1. The highest BCUT2D eigenvalue weighted by molar-refractivity contribution is 6.05. The highest BCUT2D eigenvalue weighted by atomic mass is 19.1. The van der Waals surface area contributed by atoms with Crippen molar-refractivity contribution >= 4 is 17.6 Å². The molecule has 1 aliphatic rings. The van der Waals surface area contributed by atoms with Crippen molar-refractivity contribution < 1.29 is 18.7 Å². The molecule has 0 saturated heterocycles. The van der Waals surface area contributed by atoms with Crippen LogP contribution in [0.4, 0.5) is 10.1 Å². The number of ether oxygens (including phenoxy) is 1. The SMILES string of the molecule is CCOC(=O)c1cccn1C1C(=O)N(Cc2ccc(C(C)C)cc2)c2c(F)cccc21. The zero-order chi connectivity index (χ0) is 22.1. The maximum Gasteiger partial charge on any atom is 0.354 e. The van der Waals surface area contributed by atoms with Gasteiger partial charge in [0.2, 0.25) is 0 Å². The number of rotatable bonds is 6. The van der Waals surface area contributed by atoms with Gasteiger partial charge in [0.25, 0.3) is 5.91 Å². The summed E-state index contributed by atoms with van der Waals surface area (Å²) in [6, 6.07) is 15.1. The van der Waals surface area contributed by atoms with Crippen molar-refractivity contribution in [2.75, 3.05) is 11.5 Å². The number of para-hydroxylation sites is 1. The summed E-state index contributed by atoms with van der Waals surface area (Å²) in [4.78, 5) is 27.4. The molecule has 160 valence electrons. The van der Waals surface area contributed by atoms with Crippen molar-refractivity contribution in [2.24, 2.45) is 0 Å². The van der Waals surface area contributed by atoms with Crippen LogP contribution >= 0.6 is 0 Å². The summed E-state index contributed by atoms with van der Waals surface area (Å²) in [5.41, 5.74) is 3.16. The molecule has 0 aliphatic carbocycles. The Kier molecular flexibility index (Phi) is 5.63. The Hall–Kier alpha value is -3.41. The van der Waals surface area contributed by atoms with E-state index in [9.17, 15) is 14.0 Å². The third-order valence-corrected chi connectivity index (χ3v) is 5.61. The standard InChI is InChI=1S/C25H25FN2O3/c1-4-31-25(30)21-9-6-14-27(21)23-19-7-5-8-20(26)22(19)28(24(23)29)15-17-10-12-18(13-11-17)16(2)3/h5-14,16,23H,4,15H2,1-3H3. The Morgan fingerprint density at radius 1 is 1.10 bits per heavy atom. The lowest BCUT2D eigenvalue weighted by Crippen LogP contribution is -2.32. The molecule has 0 saturated carbocycles. The minimum absolute atomic E-state index is 0.229. The smallest absolute Gasteiger partial charge is 0.354 e. The van der Waals surface area contributed by atoms with Crippen LogP contribution in [0.15, 0.2) is 60.8 Å². The summed E-state index contributed by atoms with van der Waals surface area (Å²) in [5, 5.41) is 0. The molecule has 0 radical (unpaired) electrons. The van der Waals surface area contributed by atoms with E-state index in [1.807, 2.05) is 24.3 Å². The van der Waals surface area contributed by atoms with Gasteiger partial charge in [-0.3, -0.25) is 4.79 Å². The van der Waals surface area contributed by atoms with Crippen molar-refractivity contribution in [2.45, 2.75) is 39.3 Å². The second-order valence-electron chi connectivity index (χ2n) is 7.92. The minimum Gasteiger partial charge on any atom is -0.461 e. The molecular formula is C25H25FN2O3. The van der Waals surface area contributed by atoms with Gasteiger partial charge in [-0.25, -0.2) is 9.18 Å². The van der Waals surface area contributed by atoms with E-state index in [1.54, 1.807) is 42.0 Å². The van der Waals surface area contributed by atoms with Crippen LogP contribution in [0.5, 0.6) is 0 Å². The summed E-state index contributed by atoms with van der Waals surface area (Å²) in [6.07, 6.45) is 1.66. The van der Waals surface area contributed by atoms with E-state index in [4.69, 9.17) is 4.74 Å². The van der Waals surface area contributed by atoms with Gasteiger partial charge in [-0.15, -0.1) is 0 Å². The van der Waals surface area contributed by atoms with Crippen LogP contribution in [0.3, 0.4) is 0 Å². The number of anilines is 1. The predicted octanol–water partition coefficient (Wildman–Crippen LogP) is 5.06. The first kappa shape index (κ1) is 20.8. The number of fused-ring (bicyclic) bond motifs is 1. The molecular weight excluding hydrogens is 395 g/mol. The molecule has 1 atom stereocenters. The number of hydrogen-bond acceptors (Lipinski definition) is 3. The summed E-state index contributed by atoms with van der Waals surface area (Å²) in [7, 11) is 0. The summed E-state index contributed by atoms with van der Waals surface area (Å²) >= 11 is 0. The highest BCUT2D eigenvalue weighted by Crippen LogP contribution is 2.41. The molecule has 4 rings (SSSR count). The lowest BCUT2D eigenvalue weighted by atomic mass is 10.0. The molecule has 3 aromatic rings. The first-order chi connectivity index (χ1) is 14.9. The molecule has 31 heavy (non-hydrogen) atoms. The van der Waals surface area contributed by atoms with E-state index in [2.05, 4.69) is 13.8 Å². The first-order valence-electron chi connectivity index (χ1n) is 10.4. The number of aromatic nitrogens is 1. The molecule has 6 heteroatoms. The van der Waals surface area contributed by atoms with E-state index < -0.39 is 17.8 Å². The van der Waals surface area contributed by atoms with E-state index >= 15 is 0 Å². The number of nitrogens with zero attached hydrogens (tertiary/aromatic N) is 2. The van der Waals surface area contributed by atoms with Crippen LogP contribution in [0, 0.1) is 5.82 Å². The Balaban J connectivity index is 1.73. The first-order valence-corrected chi connectivity index (χ1v) is 10.4. The molecule has 5 nitrogen and oxygen atoms in total. The molecule has 0 spiro atoms. The van der Waals surface area contributed by atoms with Gasteiger partial charge in [-0.2, -0.15) is 0 Å². The van der Waals surface area contributed by atoms with Gasteiger partial charge in [0.1, 0.15) is 17.6 Å². The number of benzene rings is 2. The lowest BCUT2D eigenvalue weighted by molar-refractivity contribution is -0.120. The second kappa shape index (κ2) is 8.38. The fourth-order valence-electron chi connectivity index (χ4n) is 4.04. The van der Waals surface area contributed by atoms with Crippen molar-refractivity contribution in [1.29, 1.82) is 0 Å². The Labute approximate surface area is 181 Å². The Morgan fingerprint density at radius 3 is 2.52 bits per heavy atom. The molecule has 1 aromatic heterocycles. The van der Waals surface area contributed by atoms with E-state index in [0.717, 1.165) is 5.56 Å². The Bertz CT molecular complexity index is 1120. The third-order valence-electron chi connectivity index (χ3n) is 5.61. The number of carbonyl (C=O) groups excluding carboxylic acids is 2. The van der Waals surface area contributed by atoms with Gasteiger partial charge in [-0.1, -0.05) is 50.2 Å². The third kappa shape index (κ3) is 3.74. The van der Waals surface area contributed by atoms with E-state index in [1.165, 1.54) is 16.5 Å². The van der Waals surface area contributed by atoms with Gasteiger partial charge in [-0.05, 0) is 42.2 Å². The number of halogens is 1. The molecule has 1 aliphatic heterocycles. The zero-order valence-corrected chi connectivity index (χ0v) is 17.8. The van der Waals surface area contributed by atoms with Gasteiger partial charge in [0.05, 0.1) is 18.8 Å². The van der Waals surface area contributed by atoms with Crippen LogP contribution in [0.1, 0.15) is 59.9 Å². The monoisotopic (exact) mass is 420 g/mol. The summed E-state index contributed by atoms with van der Waals surface area (Å²) in [6.45, 7) is 6.44. The molecule has 2 heterocycles. The van der Waals surface area contributed by atoms with Crippen LogP contribution in [-0.4, -0.2) is 23.1 Å². The highest BCUT2D eigenvalue weighted by Gasteiger charge is 2.41. The van der Waals surface area contributed by atoms with Gasteiger partial charge in [0.15, 0.2) is 0 Å². The largest absolute Gasteiger partial charge is 0.461 e. The second-order valence-corrected chi connectivity index (χ2v) is 7.92.